The van der Waals surface area contributed by atoms with Crippen LogP contribution in [0.15, 0.2) is 24.3 Å². The van der Waals surface area contributed by atoms with Gasteiger partial charge in [0.15, 0.2) is 0 Å². The van der Waals surface area contributed by atoms with Gasteiger partial charge in [0.2, 0.25) is 0 Å². The van der Waals surface area contributed by atoms with Gasteiger partial charge in [-0.2, -0.15) is 0 Å². The van der Waals surface area contributed by atoms with Crippen LogP contribution >= 0.6 is 0 Å². The van der Waals surface area contributed by atoms with E-state index in [1.165, 1.54) is 17.0 Å². The van der Waals surface area contributed by atoms with Crippen molar-refractivity contribution in [3.05, 3.63) is 35.6 Å². The fraction of sp³-hybridized carbons (Fsp3) is 0.500. The number of halogens is 1. The Balaban J connectivity index is 2.01. The zero-order valence-electron chi connectivity index (χ0n) is 11.1. The highest BCUT2D eigenvalue weighted by Gasteiger charge is 2.36. The number of likely N-dealkylation sites (tertiary alicyclic amines) is 1. The third kappa shape index (κ3) is 3.26. The monoisotopic (exact) mass is 282 g/mol. The molecule has 0 spiro atoms. The minimum absolute atomic E-state index is 0.308. The van der Waals surface area contributed by atoms with Gasteiger partial charge in [-0.05, 0) is 37.0 Å². The molecule has 0 radical (unpaired) electrons. The van der Waals surface area contributed by atoms with Crippen LogP contribution in [0.25, 0.3) is 0 Å². The first-order valence-corrected chi connectivity index (χ1v) is 6.66. The normalized spacial score (nSPS) is 21.8. The number of aliphatic hydroxyl groups excluding tert-OH is 1. The number of benzene rings is 1. The maximum atomic E-state index is 13.1. The Morgan fingerprint density at radius 2 is 2.30 bits per heavy atom. The van der Waals surface area contributed by atoms with E-state index in [2.05, 4.69) is 0 Å². The predicted octanol–water partition coefficient (Wildman–Crippen LogP) is 1.20. The minimum Gasteiger partial charge on any atom is -0.465 e. The lowest BCUT2D eigenvalue weighted by Crippen LogP contribution is -2.51. The molecule has 1 aliphatic heterocycles. The van der Waals surface area contributed by atoms with Crippen LogP contribution in [0.4, 0.5) is 9.18 Å². The van der Waals surface area contributed by atoms with E-state index >= 15 is 0 Å². The molecule has 1 fully saturated rings. The predicted molar refractivity (Wildman–Crippen MR) is 71.8 cm³/mol. The molecule has 5 nitrogen and oxygen atoms in total. The molecule has 1 aliphatic rings. The highest BCUT2D eigenvalue weighted by molar-refractivity contribution is 5.66. The Hall–Kier alpha value is -1.66. The van der Waals surface area contributed by atoms with Gasteiger partial charge in [0.25, 0.3) is 0 Å². The summed E-state index contributed by atoms with van der Waals surface area (Å²) in [6, 6.07) is 4.94. The van der Waals surface area contributed by atoms with Gasteiger partial charge in [-0.15, -0.1) is 0 Å². The first kappa shape index (κ1) is 14.7. The Bertz CT molecular complexity index is 483. The van der Waals surface area contributed by atoms with Gasteiger partial charge in [0.1, 0.15) is 5.82 Å². The highest BCUT2D eigenvalue weighted by Crippen LogP contribution is 2.22. The molecule has 20 heavy (non-hydrogen) atoms. The van der Waals surface area contributed by atoms with E-state index in [0.29, 0.717) is 24.9 Å². The molecule has 6 heteroatoms. The van der Waals surface area contributed by atoms with Gasteiger partial charge in [-0.25, -0.2) is 9.18 Å². The highest BCUT2D eigenvalue weighted by atomic mass is 19.1. The molecule has 0 bridgehead atoms. The molecule has 1 saturated heterocycles. The minimum atomic E-state index is -1.04. The molecule has 2 rings (SSSR count). The zero-order chi connectivity index (χ0) is 14.7. The number of hydrogen-bond acceptors (Lipinski definition) is 3. The SMILES string of the molecule is NC(Cc1cccc(F)c1)C(O)C1CCCN1C(=O)O. The van der Waals surface area contributed by atoms with Gasteiger partial charge in [0.05, 0.1) is 12.1 Å². The standard InChI is InChI=1S/C14H19FN2O3/c15-10-4-1-3-9(7-10)8-11(16)13(18)12-5-2-6-17(12)14(19)20/h1,3-4,7,11-13,18H,2,5-6,8,16H2,(H,19,20). The van der Waals surface area contributed by atoms with Crippen LogP contribution in [-0.2, 0) is 6.42 Å². The van der Waals surface area contributed by atoms with E-state index in [1.54, 1.807) is 12.1 Å². The number of carboxylic acid groups (broad SMARTS) is 1. The van der Waals surface area contributed by atoms with Crippen molar-refractivity contribution in [3.63, 3.8) is 0 Å². The van der Waals surface area contributed by atoms with Crippen molar-refractivity contribution < 1.29 is 19.4 Å². The van der Waals surface area contributed by atoms with E-state index in [1.807, 2.05) is 0 Å². The van der Waals surface area contributed by atoms with Gasteiger partial charge < -0.3 is 20.8 Å². The molecule has 1 heterocycles. The van der Waals surface area contributed by atoms with Crippen LogP contribution in [0, 0.1) is 5.82 Å². The fourth-order valence-electron chi connectivity index (χ4n) is 2.73. The first-order valence-electron chi connectivity index (χ1n) is 6.66. The van der Waals surface area contributed by atoms with Crippen molar-refractivity contribution in [1.29, 1.82) is 0 Å². The molecule has 4 N–H and O–H groups in total. The fourth-order valence-corrected chi connectivity index (χ4v) is 2.73. The van der Waals surface area contributed by atoms with Crippen LogP contribution < -0.4 is 5.73 Å². The van der Waals surface area contributed by atoms with Crippen molar-refractivity contribution in [2.45, 2.75) is 37.5 Å². The molecule has 0 aliphatic carbocycles. The first-order chi connectivity index (χ1) is 9.49. The van der Waals surface area contributed by atoms with Gasteiger partial charge in [-0.3, -0.25) is 0 Å². The van der Waals surface area contributed by atoms with Crippen molar-refractivity contribution >= 4 is 6.09 Å². The molecule has 110 valence electrons. The van der Waals surface area contributed by atoms with Crippen molar-refractivity contribution in [2.75, 3.05) is 6.54 Å². The quantitative estimate of drug-likeness (QED) is 0.774. The molecular formula is C14H19FN2O3. The number of amides is 1. The number of nitrogens with zero attached hydrogens (tertiary/aromatic N) is 1. The summed E-state index contributed by atoms with van der Waals surface area (Å²) in [5.74, 6) is -0.350. The second-order valence-corrected chi connectivity index (χ2v) is 5.17. The topological polar surface area (TPSA) is 86.8 Å². The summed E-state index contributed by atoms with van der Waals surface area (Å²) < 4.78 is 13.1. The molecule has 3 unspecified atom stereocenters. The average molecular weight is 282 g/mol. The number of aliphatic hydroxyl groups is 1. The molecule has 3 atom stereocenters. The third-order valence-corrected chi connectivity index (χ3v) is 3.74. The number of hydrogen-bond donors (Lipinski definition) is 3. The second-order valence-electron chi connectivity index (χ2n) is 5.17. The summed E-state index contributed by atoms with van der Waals surface area (Å²) >= 11 is 0. The third-order valence-electron chi connectivity index (χ3n) is 3.74. The van der Waals surface area contributed by atoms with E-state index in [9.17, 15) is 14.3 Å². The summed E-state index contributed by atoms with van der Waals surface area (Å²) in [4.78, 5) is 12.3. The van der Waals surface area contributed by atoms with Gasteiger partial charge in [0, 0.05) is 12.6 Å². The Morgan fingerprint density at radius 3 is 2.95 bits per heavy atom. The zero-order valence-corrected chi connectivity index (χ0v) is 11.1. The summed E-state index contributed by atoms with van der Waals surface area (Å²) in [5.41, 5.74) is 6.64. The van der Waals surface area contributed by atoms with Crippen molar-refractivity contribution in [3.8, 4) is 0 Å². The summed E-state index contributed by atoms with van der Waals surface area (Å²) in [6.07, 6.45) is -0.352. The van der Waals surface area contributed by atoms with E-state index < -0.39 is 24.3 Å². The number of rotatable bonds is 4. The van der Waals surface area contributed by atoms with E-state index in [0.717, 1.165) is 6.42 Å². The Labute approximate surface area is 116 Å². The van der Waals surface area contributed by atoms with Gasteiger partial charge >= 0.3 is 6.09 Å². The van der Waals surface area contributed by atoms with E-state index in [4.69, 9.17) is 10.8 Å². The van der Waals surface area contributed by atoms with Crippen LogP contribution in [0.1, 0.15) is 18.4 Å². The molecule has 1 amide bonds. The van der Waals surface area contributed by atoms with Crippen LogP contribution in [0.3, 0.4) is 0 Å². The maximum Gasteiger partial charge on any atom is 0.407 e. The van der Waals surface area contributed by atoms with Crippen molar-refractivity contribution in [1.82, 2.24) is 4.90 Å². The smallest absolute Gasteiger partial charge is 0.407 e. The Morgan fingerprint density at radius 1 is 1.55 bits per heavy atom. The van der Waals surface area contributed by atoms with Crippen LogP contribution in [-0.4, -0.2) is 45.9 Å². The summed E-state index contributed by atoms with van der Waals surface area (Å²) in [6.45, 7) is 0.420. The van der Waals surface area contributed by atoms with Crippen LogP contribution in [0.5, 0.6) is 0 Å². The van der Waals surface area contributed by atoms with Crippen LogP contribution in [0.2, 0.25) is 0 Å². The summed E-state index contributed by atoms with van der Waals surface area (Å²) in [5, 5.41) is 19.3. The van der Waals surface area contributed by atoms with E-state index in [-0.39, 0.29) is 5.82 Å². The lowest BCUT2D eigenvalue weighted by Gasteiger charge is -2.30. The van der Waals surface area contributed by atoms with Crippen molar-refractivity contribution in [2.24, 2.45) is 5.73 Å². The molecule has 0 aromatic heterocycles. The lowest BCUT2D eigenvalue weighted by molar-refractivity contribution is 0.0522. The average Bonchev–Trinajstić information content (AvgIpc) is 2.87. The molecule has 1 aromatic carbocycles. The number of nitrogens with two attached hydrogens (primary N) is 1. The Kier molecular flexibility index (Phi) is 4.57. The molecule has 0 saturated carbocycles. The maximum absolute atomic E-state index is 13.1. The van der Waals surface area contributed by atoms with Gasteiger partial charge in [-0.1, -0.05) is 12.1 Å². The largest absolute Gasteiger partial charge is 0.465 e. The second kappa shape index (κ2) is 6.19. The molecular weight excluding hydrogens is 263 g/mol. The molecule has 1 aromatic rings. The summed E-state index contributed by atoms with van der Waals surface area (Å²) in [7, 11) is 0. The number of carbonyl (C=O) groups is 1. The lowest BCUT2D eigenvalue weighted by atomic mass is 9.96.